The van der Waals surface area contributed by atoms with E-state index in [4.69, 9.17) is 33.5 Å². The maximum absolute atomic E-state index is 10.2. The predicted molar refractivity (Wildman–Crippen MR) is 73.7 cm³/mol. The summed E-state index contributed by atoms with van der Waals surface area (Å²) in [6.45, 7) is -0.379. The van der Waals surface area contributed by atoms with Crippen molar-refractivity contribution in [3.05, 3.63) is 0 Å². The average molecular weight is 294 g/mol. The van der Waals surface area contributed by atoms with E-state index in [1.807, 2.05) is 0 Å². The van der Waals surface area contributed by atoms with Gasteiger partial charge in [-0.25, -0.2) is 0 Å². The minimum absolute atomic E-state index is 0.126. The van der Waals surface area contributed by atoms with Gasteiger partial charge >= 0.3 is 0 Å². The summed E-state index contributed by atoms with van der Waals surface area (Å²) in [5.41, 5.74) is 0. The summed E-state index contributed by atoms with van der Waals surface area (Å²) in [5.74, 6) is 6.69. The lowest BCUT2D eigenvalue weighted by atomic mass is 9.84. The smallest absolute Gasteiger partial charge is 0.116 e. The van der Waals surface area contributed by atoms with Crippen molar-refractivity contribution in [2.45, 2.75) is 36.6 Å². The standard InChI is InChI=1S/C15H18O6/c1-4-7-19-13-10(16)14(20-8-5-2)12(18)15(11(13)17)21-9-6-3/h1-3,10-18H,7-9H2/t10-,11+,12?,13?,14-,15+. The van der Waals surface area contributed by atoms with Crippen LogP contribution in [-0.2, 0) is 14.2 Å². The second-order valence-corrected chi connectivity index (χ2v) is 4.41. The van der Waals surface area contributed by atoms with Crippen LogP contribution < -0.4 is 0 Å². The van der Waals surface area contributed by atoms with Crippen LogP contribution in [0, 0.1) is 37.0 Å². The summed E-state index contributed by atoms with van der Waals surface area (Å²) in [6, 6.07) is 0. The molecule has 1 fully saturated rings. The maximum Gasteiger partial charge on any atom is 0.116 e. The Bertz CT molecular complexity index is 364. The minimum Gasteiger partial charge on any atom is -0.387 e. The van der Waals surface area contributed by atoms with Crippen molar-refractivity contribution in [2.24, 2.45) is 0 Å². The normalized spacial score (nSPS) is 35.4. The first-order valence-corrected chi connectivity index (χ1v) is 6.27. The molecule has 0 bridgehead atoms. The third-order valence-electron chi connectivity index (χ3n) is 3.10. The van der Waals surface area contributed by atoms with Gasteiger partial charge in [-0.15, -0.1) is 19.3 Å². The van der Waals surface area contributed by atoms with Crippen molar-refractivity contribution >= 4 is 0 Å². The van der Waals surface area contributed by atoms with E-state index in [2.05, 4.69) is 17.8 Å². The van der Waals surface area contributed by atoms with E-state index < -0.39 is 36.6 Å². The van der Waals surface area contributed by atoms with Gasteiger partial charge in [-0.05, 0) is 0 Å². The molecule has 1 rings (SSSR count). The third kappa shape index (κ3) is 4.20. The van der Waals surface area contributed by atoms with E-state index in [0.29, 0.717) is 0 Å². The van der Waals surface area contributed by atoms with Gasteiger partial charge in [0.15, 0.2) is 0 Å². The van der Waals surface area contributed by atoms with E-state index in [1.54, 1.807) is 0 Å². The SMILES string of the molecule is C#CCOC1[C@H](O)[C@H](OCC#C)C(O)[C@H](OCC#C)[C@@H]1O. The molecule has 3 N–H and O–H groups in total. The Morgan fingerprint density at radius 3 is 1.05 bits per heavy atom. The van der Waals surface area contributed by atoms with Gasteiger partial charge in [-0.3, -0.25) is 0 Å². The highest BCUT2D eigenvalue weighted by molar-refractivity contribution is 5.03. The van der Waals surface area contributed by atoms with Gasteiger partial charge in [0.2, 0.25) is 0 Å². The molecule has 0 radical (unpaired) electrons. The Kier molecular flexibility index (Phi) is 7.22. The number of hydrogen-bond donors (Lipinski definition) is 3. The topological polar surface area (TPSA) is 88.4 Å². The number of ether oxygens (including phenoxy) is 3. The Balaban J connectivity index is 2.91. The van der Waals surface area contributed by atoms with Crippen LogP contribution in [0.5, 0.6) is 0 Å². The molecular formula is C15H18O6. The third-order valence-corrected chi connectivity index (χ3v) is 3.10. The van der Waals surface area contributed by atoms with E-state index in [1.165, 1.54) is 0 Å². The highest BCUT2D eigenvalue weighted by atomic mass is 16.6. The van der Waals surface area contributed by atoms with Crippen molar-refractivity contribution in [3.8, 4) is 37.0 Å². The second-order valence-electron chi connectivity index (χ2n) is 4.41. The van der Waals surface area contributed by atoms with Gasteiger partial charge in [0.1, 0.15) is 56.4 Å². The highest BCUT2D eigenvalue weighted by Gasteiger charge is 2.51. The molecular weight excluding hydrogens is 276 g/mol. The van der Waals surface area contributed by atoms with E-state index in [0.717, 1.165) is 0 Å². The summed E-state index contributed by atoms with van der Waals surface area (Å²) in [6.07, 6.45) is 8.06. The number of hydrogen-bond acceptors (Lipinski definition) is 6. The lowest BCUT2D eigenvalue weighted by Crippen LogP contribution is -2.65. The fourth-order valence-electron chi connectivity index (χ4n) is 2.19. The second kappa shape index (κ2) is 8.67. The fraction of sp³-hybridized carbons (Fsp3) is 0.600. The summed E-state index contributed by atoms with van der Waals surface area (Å²) in [4.78, 5) is 0. The molecule has 0 atom stereocenters. The number of aliphatic hydroxyl groups excluding tert-OH is 3. The van der Waals surface area contributed by atoms with Crippen LogP contribution in [0.2, 0.25) is 0 Å². The van der Waals surface area contributed by atoms with E-state index >= 15 is 0 Å². The van der Waals surface area contributed by atoms with Crippen LogP contribution in [-0.4, -0.2) is 71.8 Å². The van der Waals surface area contributed by atoms with Gasteiger partial charge in [-0.2, -0.15) is 0 Å². The summed E-state index contributed by atoms with van der Waals surface area (Å²) < 4.78 is 15.6. The molecule has 0 spiro atoms. The highest BCUT2D eigenvalue weighted by Crippen LogP contribution is 2.28. The molecule has 0 aliphatic heterocycles. The molecule has 1 aliphatic carbocycles. The monoisotopic (exact) mass is 294 g/mol. The summed E-state index contributed by atoms with van der Waals surface area (Å²) >= 11 is 0. The quantitative estimate of drug-likeness (QED) is 0.498. The molecule has 21 heavy (non-hydrogen) atoms. The summed E-state index contributed by atoms with van der Waals surface area (Å²) in [7, 11) is 0. The maximum atomic E-state index is 10.2. The van der Waals surface area contributed by atoms with Gasteiger partial charge < -0.3 is 29.5 Å². The Morgan fingerprint density at radius 1 is 0.619 bits per heavy atom. The predicted octanol–water partition coefficient (Wildman–Crippen LogP) is -1.86. The molecule has 0 heterocycles. The Labute approximate surface area is 124 Å². The van der Waals surface area contributed by atoms with Crippen molar-refractivity contribution in [2.75, 3.05) is 19.8 Å². The molecule has 0 unspecified atom stereocenters. The van der Waals surface area contributed by atoms with Crippen molar-refractivity contribution in [1.82, 2.24) is 0 Å². The van der Waals surface area contributed by atoms with Gasteiger partial charge in [0, 0.05) is 0 Å². The first-order chi connectivity index (χ1) is 10.1. The molecule has 1 saturated carbocycles. The molecule has 1 aliphatic rings. The summed E-state index contributed by atoms with van der Waals surface area (Å²) in [5, 5.41) is 30.5. The lowest BCUT2D eigenvalue weighted by Gasteiger charge is -2.44. The zero-order chi connectivity index (χ0) is 15.8. The van der Waals surface area contributed by atoms with Crippen LogP contribution in [0.1, 0.15) is 0 Å². The zero-order valence-corrected chi connectivity index (χ0v) is 11.4. The Hall–Kier alpha value is -1.56. The molecule has 0 saturated heterocycles. The van der Waals surface area contributed by atoms with Gasteiger partial charge in [0.05, 0.1) is 0 Å². The fourth-order valence-corrected chi connectivity index (χ4v) is 2.19. The van der Waals surface area contributed by atoms with Crippen molar-refractivity contribution in [3.63, 3.8) is 0 Å². The first-order valence-electron chi connectivity index (χ1n) is 6.27. The number of rotatable bonds is 6. The van der Waals surface area contributed by atoms with Crippen LogP contribution in [0.25, 0.3) is 0 Å². The van der Waals surface area contributed by atoms with Crippen LogP contribution in [0.15, 0.2) is 0 Å². The van der Waals surface area contributed by atoms with E-state index in [9.17, 15) is 15.3 Å². The van der Waals surface area contributed by atoms with Crippen LogP contribution in [0.4, 0.5) is 0 Å². The van der Waals surface area contributed by atoms with Crippen molar-refractivity contribution < 1.29 is 29.5 Å². The molecule has 0 aromatic carbocycles. The molecule has 0 amide bonds. The molecule has 114 valence electrons. The largest absolute Gasteiger partial charge is 0.387 e. The van der Waals surface area contributed by atoms with Crippen LogP contribution in [0.3, 0.4) is 0 Å². The lowest BCUT2D eigenvalue weighted by molar-refractivity contribution is -0.249. The minimum atomic E-state index is -1.32. The Morgan fingerprint density at radius 2 is 0.857 bits per heavy atom. The molecule has 6 heteroatoms. The average Bonchev–Trinajstić information content (AvgIpc) is 2.47. The zero-order valence-electron chi connectivity index (χ0n) is 11.4. The number of terminal acetylenes is 3. The number of aliphatic hydroxyl groups is 3. The van der Waals surface area contributed by atoms with Gasteiger partial charge in [0.25, 0.3) is 0 Å². The molecule has 0 aromatic rings. The van der Waals surface area contributed by atoms with E-state index in [-0.39, 0.29) is 19.8 Å². The molecule has 0 aromatic heterocycles. The first kappa shape index (κ1) is 17.5. The van der Waals surface area contributed by atoms with Gasteiger partial charge in [-0.1, -0.05) is 17.8 Å². The van der Waals surface area contributed by atoms with Crippen LogP contribution >= 0.6 is 0 Å². The van der Waals surface area contributed by atoms with Crippen molar-refractivity contribution in [1.29, 1.82) is 0 Å². The molecule has 6 nitrogen and oxygen atoms in total.